The van der Waals surface area contributed by atoms with Gasteiger partial charge in [0.15, 0.2) is 0 Å². The van der Waals surface area contributed by atoms with Crippen LogP contribution in [0.2, 0.25) is 0 Å². The molecule has 1 aliphatic heterocycles. The Kier molecular flexibility index (Phi) is 4.39. The fraction of sp³-hybridized carbons (Fsp3) is 0.538. The first-order valence-electron chi connectivity index (χ1n) is 6.54. The van der Waals surface area contributed by atoms with Crippen molar-refractivity contribution in [1.29, 1.82) is 0 Å². The van der Waals surface area contributed by atoms with Crippen LogP contribution in [0.25, 0.3) is 0 Å². The molecule has 98 valence electrons. The zero-order valence-electron chi connectivity index (χ0n) is 10.7. The second-order valence-corrected chi connectivity index (χ2v) is 4.49. The SMILES string of the molecule is CCCNc1cc(NC2CCCNC2=O)ccn1. The van der Waals surface area contributed by atoms with Gasteiger partial charge < -0.3 is 16.0 Å². The minimum atomic E-state index is -0.125. The van der Waals surface area contributed by atoms with Crippen molar-refractivity contribution >= 4 is 17.4 Å². The molecule has 0 bridgehead atoms. The molecule has 1 aromatic heterocycles. The number of nitrogens with one attached hydrogen (secondary N) is 3. The van der Waals surface area contributed by atoms with Crippen LogP contribution in [0, 0.1) is 0 Å². The van der Waals surface area contributed by atoms with Gasteiger partial charge in [-0.15, -0.1) is 0 Å². The largest absolute Gasteiger partial charge is 0.374 e. The maximum atomic E-state index is 11.7. The summed E-state index contributed by atoms with van der Waals surface area (Å²) in [4.78, 5) is 15.9. The van der Waals surface area contributed by atoms with Gasteiger partial charge in [0.25, 0.3) is 0 Å². The highest BCUT2D eigenvalue weighted by molar-refractivity contribution is 5.85. The summed E-state index contributed by atoms with van der Waals surface area (Å²) >= 11 is 0. The molecule has 0 spiro atoms. The van der Waals surface area contributed by atoms with Gasteiger partial charge in [-0.2, -0.15) is 0 Å². The fourth-order valence-electron chi connectivity index (χ4n) is 1.98. The maximum Gasteiger partial charge on any atom is 0.242 e. The molecule has 0 aromatic carbocycles. The van der Waals surface area contributed by atoms with E-state index in [1.54, 1.807) is 6.20 Å². The standard InChI is InChI=1S/C13H20N4O/c1-2-6-14-12-9-10(5-8-15-12)17-11-4-3-7-16-13(11)18/h5,8-9,11H,2-4,6-7H2,1H3,(H,16,18)(H2,14,15,17). The lowest BCUT2D eigenvalue weighted by molar-refractivity contribution is -0.123. The van der Waals surface area contributed by atoms with E-state index in [2.05, 4.69) is 27.9 Å². The summed E-state index contributed by atoms with van der Waals surface area (Å²) < 4.78 is 0. The van der Waals surface area contributed by atoms with Gasteiger partial charge in [0.05, 0.1) is 0 Å². The molecule has 5 heteroatoms. The Morgan fingerprint density at radius 2 is 2.44 bits per heavy atom. The van der Waals surface area contributed by atoms with Gasteiger partial charge in [0, 0.05) is 31.0 Å². The van der Waals surface area contributed by atoms with Crippen LogP contribution in [-0.4, -0.2) is 30.0 Å². The number of hydrogen-bond donors (Lipinski definition) is 3. The summed E-state index contributed by atoms with van der Waals surface area (Å²) in [5, 5.41) is 9.36. The maximum absolute atomic E-state index is 11.7. The Bertz CT molecular complexity index is 408. The van der Waals surface area contributed by atoms with E-state index in [0.717, 1.165) is 43.9 Å². The van der Waals surface area contributed by atoms with Crippen molar-refractivity contribution in [3.63, 3.8) is 0 Å². The quantitative estimate of drug-likeness (QED) is 0.740. The number of aromatic nitrogens is 1. The van der Waals surface area contributed by atoms with Crippen LogP contribution >= 0.6 is 0 Å². The van der Waals surface area contributed by atoms with E-state index in [9.17, 15) is 4.79 Å². The molecular formula is C13H20N4O. The van der Waals surface area contributed by atoms with E-state index >= 15 is 0 Å². The molecule has 1 aliphatic rings. The molecule has 1 atom stereocenters. The third kappa shape index (κ3) is 3.35. The van der Waals surface area contributed by atoms with E-state index in [1.807, 2.05) is 12.1 Å². The van der Waals surface area contributed by atoms with Crippen LogP contribution < -0.4 is 16.0 Å². The molecule has 1 fully saturated rings. The molecular weight excluding hydrogens is 228 g/mol. The van der Waals surface area contributed by atoms with Gasteiger partial charge in [-0.3, -0.25) is 4.79 Å². The highest BCUT2D eigenvalue weighted by Gasteiger charge is 2.21. The Labute approximate surface area is 107 Å². The first-order valence-corrected chi connectivity index (χ1v) is 6.54. The number of anilines is 2. The summed E-state index contributed by atoms with van der Waals surface area (Å²) in [6.45, 7) is 3.80. The van der Waals surface area contributed by atoms with Crippen LogP contribution in [0.15, 0.2) is 18.3 Å². The van der Waals surface area contributed by atoms with Gasteiger partial charge in [-0.25, -0.2) is 4.98 Å². The molecule has 1 unspecified atom stereocenters. The topological polar surface area (TPSA) is 66.0 Å². The first-order chi connectivity index (χ1) is 8.79. The Morgan fingerprint density at radius 1 is 1.56 bits per heavy atom. The Morgan fingerprint density at radius 3 is 3.22 bits per heavy atom. The molecule has 2 heterocycles. The second kappa shape index (κ2) is 6.23. The molecule has 1 amide bonds. The van der Waals surface area contributed by atoms with Crippen molar-refractivity contribution in [3.8, 4) is 0 Å². The number of rotatable bonds is 5. The van der Waals surface area contributed by atoms with Gasteiger partial charge in [-0.1, -0.05) is 6.92 Å². The Balaban J connectivity index is 1.97. The van der Waals surface area contributed by atoms with E-state index in [0.29, 0.717) is 0 Å². The first kappa shape index (κ1) is 12.7. The zero-order valence-corrected chi connectivity index (χ0v) is 10.7. The summed E-state index contributed by atoms with van der Waals surface area (Å²) in [6.07, 6.45) is 4.72. The monoisotopic (exact) mass is 248 g/mol. The van der Waals surface area contributed by atoms with Gasteiger partial charge in [0.2, 0.25) is 5.91 Å². The molecule has 0 saturated carbocycles. The van der Waals surface area contributed by atoms with Crippen molar-refractivity contribution in [2.24, 2.45) is 0 Å². The number of carbonyl (C=O) groups is 1. The number of hydrogen-bond acceptors (Lipinski definition) is 4. The van der Waals surface area contributed by atoms with Gasteiger partial charge in [-0.05, 0) is 25.3 Å². The van der Waals surface area contributed by atoms with Crippen LogP contribution in [0.4, 0.5) is 11.5 Å². The predicted octanol–water partition coefficient (Wildman–Crippen LogP) is 1.59. The van der Waals surface area contributed by atoms with Gasteiger partial charge in [0.1, 0.15) is 11.9 Å². The van der Waals surface area contributed by atoms with Crippen molar-refractivity contribution in [2.75, 3.05) is 23.7 Å². The molecule has 3 N–H and O–H groups in total. The van der Waals surface area contributed by atoms with Gasteiger partial charge >= 0.3 is 0 Å². The number of nitrogens with zero attached hydrogens (tertiary/aromatic N) is 1. The van der Waals surface area contributed by atoms with E-state index in [1.165, 1.54) is 0 Å². The molecule has 2 rings (SSSR count). The van der Waals surface area contributed by atoms with Crippen molar-refractivity contribution in [3.05, 3.63) is 18.3 Å². The summed E-state index contributed by atoms with van der Waals surface area (Å²) in [5.41, 5.74) is 0.936. The molecule has 1 saturated heterocycles. The molecule has 1 aromatic rings. The van der Waals surface area contributed by atoms with Crippen molar-refractivity contribution in [1.82, 2.24) is 10.3 Å². The van der Waals surface area contributed by atoms with Crippen LogP contribution in [0.1, 0.15) is 26.2 Å². The normalized spacial score (nSPS) is 19.2. The van der Waals surface area contributed by atoms with Crippen LogP contribution in [0.3, 0.4) is 0 Å². The number of piperidine rings is 1. The number of pyridine rings is 1. The third-order valence-electron chi connectivity index (χ3n) is 2.94. The minimum absolute atomic E-state index is 0.0844. The smallest absolute Gasteiger partial charge is 0.242 e. The molecule has 18 heavy (non-hydrogen) atoms. The fourth-order valence-corrected chi connectivity index (χ4v) is 1.98. The molecule has 0 radical (unpaired) electrons. The summed E-state index contributed by atoms with van der Waals surface area (Å²) in [7, 11) is 0. The van der Waals surface area contributed by atoms with Crippen molar-refractivity contribution in [2.45, 2.75) is 32.2 Å². The average molecular weight is 248 g/mol. The summed E-state index contributed by atoms with van der Waals surface area (Å²) in [5.74, 6) is 0.930. The van der Waals surface area contributed by atoms with Crippen LogP contribution in [-0.2, 0) is 4.79 Å². The Hall–Kier alpha value is -1.78. The zero-order chi connectivity index (χ0) is 12.8. The third-order valence-corrected chi connectivity index (χ3v) is 2.94. The van der Waals surface area contributed by atoms with E-state index < -0.39 is 0 Å². The number of carbonyl (C=O) groups excluding carboxylic acids is 1. The van der Waals surface area contributed by atoms with Crippen molar-refractivity contribution < 1.29 is 4.79 Å². The highest BCUT2D eigenvalue weighted by atomic mass is 16.2. The predicted molar refractivity (Wildman–Crippen MR) is 72.7 cm³/mol. The number of amides is 1. The van der Waals surface area contributed by atoms with E-state index in [-0.39, 0.29) is 11.9 Å². The average Bonchev–Trinajstić information content (AvgIpc) is 2.40. The van der Waals surface area contributed by atoms with E-state index in [4.69, 9.17) is 0 Å². The minimum Gasteiger partial charge on any atom is -0.374 e. The van der Waals surface area contributed by atoms with Crippen LogP contribution in [0.5, 0.6) is 0 Å². The highest BCUT2D eigenvalue weighted by Crippen LogP contribution is 2.15. The second-order valence-electron chi connectivity index (χ2n) is 4.49. The lowest BCUT2D eigenvalue weighted by Gasteiger charge is -2.23. The molecule has 0 aliphatic carbocycles. The molecule has 5 nitrogen and oxygen atoms in total. The summed E-state index contributed by atoms with van der Waals surface area (Å²) in [6, 6.07) is 3.71. The lowest BCUT2D eigenvalue weighted by atomic mass is 10.1. The lowest BCUT2D eigenvalue weighted by Crippen LogP contribution is -2.44.